The molecule has 6 heteroatoms. The zero-order valence-corrected chi connectivity index (χ0v) is 20.7. The number of aryl methyl sites for hydroxylation is 1. The Balaban J connectivity index is 1.50. The van der Waals surface area contributed by atoms with Gasteiger partial charge in [0.1, 0.15) is 5.75 Å². The molecule has 0 unspecified atom stereocenters. The van der Waals surface area contributed by atoms with Crippen LogP contribution in [0.25, 0.3) is 22.3 Å². The molecule has 4 aromatic rings. The van der Waals surface area contributed by atoms with Crippen LogP contribution in [-0.4, -0.2) is 13.1 Å². The van der Waals surface area contributed by atoms with E-state index in [4.69, 9.17) is 9.47 Å². The largest absolute Gasteiger partial charge is 0.497 e. The summed E-state index contributed by atoms with van der Waals surface area (Å²) in [6.45, 7) is 2.15. The van der Waals surface area contributed by atoms with Crippen LogP contribution in [0.2, 0.25) is 0 Å². The zero-order chi connectivity index (χ0) is 26.4. The molecule has 0 N–H and O–H groups in total. The van der Waals surface area contributed by atoms with E-state index in [9.17, 15) is 9.18 Å². The van der Waals surface area contributed by atoms with Gasteiger partial charge in [-0.1, -0.05) is 68.3 Å². The lowest BCUT2D eigenvalue weighted by molar-refractivity contribution is 0.0727. The van der Waals surface area contributed by atoms with Crippen LogP contribution in [0.3, 0.4) is 0 Å². The van der Waals surface area contributed by atoms with Crippen LogP contribution in [0.5, 0.6) is 11.5 Å². The van der Waals surface area contributed by atoms with E-state index >= 15 is 8.78 Å². The highest BCUT2D eigenvalue weighted by atomic mass is 19.2. The highest BCUT2D eigenvalue weighted by molar-refractivity contribution is 5.91. The quantitative estimate of drug-likeness (QED) is 0.130. The molecular weight excluding hydrogens is 477 g/mol. The third-order valence-corrected chi connectivity index (χ3v) is 6.19. The number of ether oxygens (including phenoxy) is 2. The smallest absolute Gasteiger partial charge is 0.343 e. The summed E-state index contributed by atoms with van der Waals surface area (Å²) >= 11 is 0. The average Bonchev–Trinajstić information content (AvgIpc) is 2.92. The summed E-state index contributed by atoms with van der Waals surface area (Å²) in [4.78, 5) is 12.4. The van der Waals surface area contributed by atoms with Crippen LogP contribution < -0.4 is 9.47 Å². The third kappa shape index (κ3) is 6.02. The Labute approximate surface area is 214 Å². The Kier molecular flexibility index (Phi) is 8.29. The van der Waals surface area contributed by atoms with Gasteiger partial charge in [-0.3, -0.25) is 0 Å². The first-order valence-electron chi connectivity index (χ1n) is 12.1. The topological polar surface area (TPSA) is 35.5 Å². The molecule has 0 aromatic heterocycles. The first-order valence-corrected chi connectivity index (χ1v) is 12.1. The Morgan fingerprint density at radius 3 is 1.89 bits per heavy atom. The van der Waals surface area contributed by atoms with E-state index in [1.807, 2.05) is 24.3 Å². The molecule has 4 rings (SSSR count). The number of carbonyl (C=O) groups is 1. The Morgan fingerprint density at radius 1 is 0.757 bits per heavy atom. The minimum absolute atomic E-state index is 0.0681. The van der Waals surface area contributed by atoms with Gasteiger partial charge < -0.3 is 9.47 Å². The molecule has 3 nitrogen and oxygen atoms in total. The number of methoxy groups -OCH3 is 1. The third-order valence-electron chi connectivity index (χ3n) is 6.19. The van der Waals surface area contributed by atoms with Crippen molar-refractivity contribution in [2.24, 2.45) is 0 Å². The van der Waals surface area contributed by atoms with Crippen molar-refractivity contribution in [3.8, 4) is 33.8 Å². The van der Waals surface area contributed by atoms with Gasteiger partial charge in [-0.05, 0) is 53.8 Å². The second-order valence-electron chi connectivity index (χ2n) is 8.71. The average molecular weight is 505 g/mol. The van der Waals surface area contributed by atoms with Gasteiger partial charge in [0.25, 0.3) is 0 Å². The number of hydrogen-bond donors (Lipinski definition) is 0. The van der Waals surface area contributed by atoms with Crippen LogP contribution in [0, 0.1) is 17.5 Å². The Morgan fingerprint density at radius 2 is 1.35 bits per heavy atom. The number of hydrogen-bond acceptors (Lipinski definition) is 3. The van der Waals surface area contributed by atoms with Crippen molar-refractivity contribution in [1.82, 2.24) is 0 Å². The molecular formula is C31H27F3O3. The molecule has 0 amide bonds. The maximum Gasteiger partial charge on any atom is 0.343 e. The Bertz CT molecular complexity index is 1380. The lowest BCUT2D eigenvalue weighted by atomic mass is 9.97. The van der Waals surface area contributed by atoms with Crippen LogP contribution in [0.1, 0.15) is 42.1 Å². The fourth-order valence-electron chi connectivity index (χ4n) is 4.06. The van der Waals surface area contributed by atoms with Crippen LogP contribution in [-0.2, 0) is 6.42 Å². The fraction of sp³-hybridized carbons (Fsp3) is 0.194. The number of halogens is 3. The van der Waals surface area contributed by atoms with Crippen molar-refractivity contribution in [1.29, 1.82) is 0 Å². The molecule has 0 bridgehead atoms. The molecule has 37 heavy (non-hydrogen) atoms. The highest BCUT2D eigenvalue weighted by Gasteiger charge is 2.17. The lowest BCUT2D eigenvalue weighted by Gasteiger charge is -2.11. The van der Waals surface area contributed by atoms with Gasteiger partial charge >= 0.3 is 5.97 Å². The molecule has 0 aliphatic heterocycles. The molecule has 0 saturated heterocycles. The molecule has 190 valence electrons. The first kappa shape index (κ1) is 26.0. The summed E-state index contributed by atoms with van der Waals surface area (Å²) in [6, 6.07) is 20.3. The normalized spacial score (nSPS) is 10.8. The van der Waals surface area contributed by atoms with Crippen LogP contribution in [0.15, 0.2) is 78.9 Å². The summed E-state index contributed by atoms with van der Waals surface area (Å²) in [6.07, 6.45) is 4.36. The number of benzene rings is 4. The summed E-state index contributed by atoms with van der Waals surface area (Å²) in [5.41, 5.74) is 2.55. The molecule has 0 aliphatic carbocycles. The predicted molar refractivity (Wildman–Crippen MR) is 138 cm³/mol. The van der Waals surface area contributed by atoms with Gasteiger partial charge in [0.15, 0.2) is 23.2 Å². The van der Waals surface area contributed by atoms with Crippen molar-refractivity contribution < 1.29 is 27.4 Å². The van der Waals surface area contributed by atoms with Crippen molar-refractivity contribution in [2.75, 3.05) is 7.11 Å². The standard InChI is InChI=1S/C31H27F3O3/c1-3-4-5-6-20-7-9-21(10-8-20)25-16-17-26(30(34)29(25)33)22-11-13-23(14-12-22)31(35)37-28-18-15-24(36-2)19-27(28)32/h7-19H,3-6H2,1-2H3. The fourth-order valence-corrected chi connectivity index (χ4v) is 4.06. The summed E-state index contributed by atoms with van der Waals surface area (Å²) in [5.74, 6) is -3.38. The number of carbonyl (C=O) groups excluding carboxylic acids is 1. The molecule has 4 aromatic carbocycles. The maximum absolute atomic E-state index is 15.1. The van der Waals surface area contributed by atoms with Gasteiger partial charge in [-0.15, -0.1) is 0 Å². The first-order chi connectivity index (χ1) is 17.9. The summed E-state index contributed by atoms with van der Waals surface area (Å²) < 4.78 is 54.2. The van der Waals surface area contributed by atoms with Gasteiger partial charge in [-0.25, -0.2) is 18.0 Å². The molecule has 0 heterocycles. The van der Waals surface area contributed by atoms with Gasteiger partial charge in [0.05, 0.1) is 12.7 Å². The highest BCUT2D eigenvalue weighted by Crippen LogP contribution is 2.32. The molecule has 0 aliphatic rings. The monoisotopic (exact) mass is 504 g/mol. The van der Waals surface area contributed by atoms with Crippen molar-refractivity contribution >= 4 is 5.97 Å². The van der Waals surface area contributed by atoms with Crippen LogP contribution in [0.4, 0.5) is 13.2 Å². The number of rotatable bonds is 9. The van der Waals surface area contributed by atoms with E-state index in [0.717, 1.165) is 31.7 Å². The molecule has 0 spiro atoms. The molecule has 0 saturated carbocycles. The van der Waals surface area contributed by atoms with E-state index < -0.39 is 23.4 Å². The summed E-state index contributed by atoms with van der Waals surface area (Å²) in [7, 11) is 1.40. The minimum atomic E-state index is -0.972. The predicted octanol–water partition coefficient (Wildman–Crippen LogP) is 8.40. The number of esters is 1. The zero-order valence-electron chi connectivity index (χ0n) is 20.7. The molecule has 0 fully saturated rings. The lowest BCUT2D eigenvalue weighted by Crippen LogP contribution is -2.09. The van der Waals surface area contributed by atoms with Crippen molar-refractivity contribution in [3.05, 3.63) is 107 Å². The van der Waals surface area contributed by atoms with Gasteiger partial charge in [0, 0.05) is 17.2 Å². The van der Waals surface area contributed by atoms with E-state index in [1.54, 1.807) is 6.07 Å². The number of unbranched alkanes of at least 4 members (excludes halogenated alkanes) is 2. The van der Waals surface area contributed by atoms with E-state index in [-0.39, 0.29) is 22.4 Å². The molecule has 0 atom stereocenters. The maximum atomic E-state index is 15.1. The van der Waals surface area contributed by atoms with Crippen molar-refractivity contribution in [3.63, 3.8) is 0 Å². The molecule has 0 radical (unpaired) electrons. The van der Waals surface area contributed by atoms with E-state index in [2.05, 4.69) is 6.92 Å². The van der Waals surface area contributed by atoms with E-state index in [0.29, 0.717) is 16.9 Å². The van der Waals surface area contributed by atoms with Gasteiger partial charge in [0.2, 0.25) is 0 Å². The SMILES string of the molecule is CCCCCc1ccc(-c2ccc(-c3ccc(C(=O)Oc4ccc(OC)cc4F)cc3)c(F)c2F)cc1. The Hall–Kier alpha value is -4.06. The van der Waals surface area contributed by atoms with Crippen molar-refractivity contribution in [2.45, 2.75) is 32.6 Å². The second kappa shape index (κ2) is 11.8. The minimum Gasteiger partial charge on any atom is -0.497 e. The van der Waals surface area contributed by atoms with Crippen LogP contribution >= 0.6 is 0 Å². The second-order valence-corrected chi connectivity index (χ2v) is 8.71. The van der Waals surface area contributed by atoms with E-state index in [1.165, 1.54) is 55.1 Å². The summed E-state index contributed by atoms with van der Waals surface area (Å²) in [5, 5.41) is 0. The van der Waals surface area contributed by atoms with Gasteiger partial charge in [-0.2, -0.15) is 0 Å².